The van der Waals surface area contributed by atoms with E-state index >= 15 is 0 Å². The smallest absolute Gasteiger partial charge is 0.185 e. The van der Waals surface area contributed by atoms with E-state index in [0.717, 1.165) is 24.3 Å². The number of carbonyl (C=O) groups is 1. The second-order valence-corrected chi connectivity index (χ2v) is 5.02. The molecule has 1 saturated heterocycles. The largest absolute Gasteiger partial charge is 0.453 e. The molecule has 0 spiro atoms. The molecule has 1 aromatic heterocycles. The number of ether oxygens (including phenoxy) is 1. The fourth-order valence-electron chi connectivity index (χ4n) is 2.35. The van der Waals surface area contributed by atoms with Gasteiger partial charge in [-0.25, -0.2) is 0 Å². The molecule has 0 radical (unpaired) electrons. The summed E-state index contributed by atoms with van der Waals surface area (Å²) >= 11 is 6.09. The zero-order valence-corrected chi connectivity index (χ0v) is 11.6. The van der Waals surface area contributed by atoms with Gasteiger partial charge in [0.1, 0.15) is 5.76 Å². The first-order valence-electron chi connectivity index (χ1n) is 6.45. The number of halogens is 1. The summed E-state index contributed by atoms with van der Waals surface area (Å²) in [7, 11) is 0. The third kappa shape index (κ3) is 2.57. The van der Waals surface area contributed by atoms with Crippen LogP contribution < -0.4 is 4.90 Å². The lowest BCUT2D eigenvalue weighted by atomic mass is 10.1. The quantitative estimate of drug-likeness (QED) is 0.814. The summed E-state index contributed by atoms with van der Waals surface area (Å²) in [6.07, 6.45) is 0.697. The lowest BCUT2D eigenvalue weighted by Crippen LogP contribution is -2.36. The third-order valence-corrected chi connectivity index (χ3v) is 3.55. The highest BCUT2D eigenvalue weighted by Crippen LogP contribution is 2.34. The zero-order chi connectivity index (χ0) is 13.9. The third-order valence-electron chi connectivity index (χ3n) is 3.32. The van der Waals surface area contributed by atoms with Crippen molar-refractivity contribution in [2.24, 2.45) is 0 Å². The molecule has 0 atom stereocenters. The maximum atomic E-state index is 10.8. The number of rotatable bonds is 3. The summed E-state index contributed by atoms with van der Waals surface area (Å²) in [5, 5.41) is 0.640. The molecule has 0 unspecified atom stereocenters. The van der Waals surface area contributed by atoms with Crippen molar-refractivity contribution < 1.29 is 13.9 Å². The van der Waals surface area contributed by atoms with Crippen molar-refractivity contribution in [2.45, 2.75) is 0 Å². The monoisotopic (exact) mass is 291 g/mol. The van der Waals surface area contributed by atoms with E-state index in [-0.39, 0.29) is 0 Å². The SMILES string of the molecule is O=Cc1ccc(-c2cc(Cl)ccc2N2CCOCC2)o1. The van der Waals surface area contributed by atoms with Gasteiger partial charge >= 0.3 is 0 Å². The van der Waals surface area contributed by atoms with Crippen molar-refractivity contribution in [3.05, 3.63) is 41.1 Å². The first-order chi connectivity index (χ1) is 9.78. The molecule has 0 saturated carbocycles. The summed E-state index contributed by atoms with van der Waals surface area (Å²) in [5.41, 5.74) is 1.94. The normalized spacial score (nSPS) is 15.3. The molecule has 0 N–H and O–H groups in total. The van der Waals surface area contributed by atoms with Gasteiger partial charge in [-0.1, -0.05) is 11.6 Å². The number of aldehydes is 1. The van der Waals surface area contributed by atoms with Crippen LogP contribution in [0.15, 0.2) is 34.7 Å². The highest BCUT2D eigenvalue weighted by atomic mass is 35.5. The molecule has 1 aromatic carbocycles. The molecule has 104 valence electrons. The van der Waals surface area contributed by atoms with Crippen LogP contribution in [-0.2, 0) is 4.74 Å². The Balaban J connectivity index is 2.03. The van der Waals surface area contributed by atoms with E-state index in [9.17, 15) is 4.79 Å². The number of anilines is 1. The zero-order valence-electron chi connectivity index (χ0n) is 10.8. The molecule has 5 heteroatoms. The molecule has 2 aromatic rings. The molecule has 20 heavy (non-hydrogen) atoms. The van der Waals surface area contributed by atoms with Gasteiger partial charge in [0.2, 0.25) is 0 Å². The molecule has 4 nitrogen and oxygen atoms in total. The summed E-state index contributed by atoms with van der Waals surface area (Å²) < 4.78 is 10.9. The molecule has 1 aliphatic heterocycles. The van der Waals surface area contributed by atoms with Gasteiger partial charge in [0.05, 0.1) is 13.2 Å². The predicted octanol–water partition coefficient (Wildman–Crippen LogP) is 3.25. The van der Waals surface area contributed by atoms with Crippen LogP contribution in [0, 0.1) is 0 Å². The predicted molar refractivity (Wildman–Crippen MR) is 77.6 cm³/mol. The molecule has 0 amide bonds. The van der Waals surface area contributed by atoms with Gasteiger partial charge in [-0.05, 0) is 30.3 Å². The minimum absolute atomic E-state index is 0.313. The van der Waals surface area contributed by atoms with Crippen molar-refractivity contribution in [2.75, 3.05) is 31.2 Å². The molecule has 3 rings (SSSR count). The van der Waals surface area contributed by atoms with Crippen LogP contribution >= 0.6 is 11.6 Å². The van der Waals surface area contributed by atoms with E-state index in [1.54, 1.807) is 12.1 Å². The summed E-state index contributed by atoms with van der Waals surface area (Å²) in [5.74, 6) is 0.962. The topological polar surface area (TPSA) is 42.7 Å². The Morgan fingerprint density at radius 2 is 1.95 bits per heavy atom. The van der Waals surface area contributed by atoms with Crippen LogP contribution in [0.25, 0.3) is 11.3 Å². The Bertz CT molecular complexity index is 617. The standard InChI is InChI=1S/C15H14ClNO3/c16-11-1-3-14(17-5-7-19-8-6-17)13(9-11)15-4-2-12(10-18)20-15/h1-4,9-10H,5-8H2. The number of benzene rings is 1. The number of morpholine rings is 1. The van der Waals surface area contributed by atoms with Gasteiger partial charge < -0.3 is 14.1 Å². The lowest BCUT2D eigenvalue weighted by molar-refractivity contribution is 0.110. The molecular weight excluding hydrogens is 278 g/mol. The maximum Gasteiger partial charge on any atom is 0.185 e. The van der Waals surface area contributed by atoms with E-state index in [0.29, 0.717) is 36.0 Å². The van der Waals surface area contributed by atoms with Crippen molar-refractivity contribution in [3.8, 4) is 11.3 Å². The fraction of sp³-hybridized carbons (Fsp3) is 0.267. The van der Waals surface area contributed by atoms with Crippen LogP contribution in [0.1, 0.15) is 10.6 Å². The summed E-state index contributed by atoms with van der Waals surface area (Å²) in [6.45, 7) is 3.07. The van der Waals surface area contributed by atoms with Crippen molar-refractivity contribution in [3.63, 3.8) is 0 Å². The average molecular weight is 292 g/mol. The van der Waals surface area contributed by atoms with Crippen molar-refractivity contribution >= 4 is 23.6 Å². The van der Waals surface area contributed by atoms with Gasteiger partial charge in [0.15, 0.2) is 12.0 Å². The Kier molecular flexibility index (Phi) is 3.76. The molecular formula is C15H14ClNO3. The maximum absolute atomic E-state index is 10.8. The Labute approximate surface area is 121 Å². The molecule has 2 heterocycles. The van der Waals surface area contributed by atoms with Crippen molar-refractivity contribution in [1.29, 1.82) is 0 Å². The van der Waals surface area contributed by atoms with Crippen molar-refractivity contribution in [1.82, 2.24) is 0 Å². The van der Waals surface area contributed by atoms with E-state index in [1.807, 2.05) is 18.2 Å². The second kappa shape index (κ2) is 5.69. The van der Waals surface area contributed by atoms with Gasteiger partial charge in [-0.3, -0.25) is 4.79 Å². The Morgan fingerprint density at radius 1 is 1.15 bits per heavy atom. The Hall–Kier alpha value is -1.78. The minimum Gasteiger partial charge on any atom is -0.453 e. The number of furan rings is 1. The number of hydrogen-bond donors (Lipinski definition) is 0. The van der Waals surface area contributed by atoms with E-state index < -0.39 is 0 Å². The fourth-order valence-corrected chi connectivity index (χ4v) is 2.52. The highest BCUT2D eigenvalue weighted by Gasteiger charge is 2.18. The number of carbonyl (C=O) groups excluding carboxylic acids is 1. The first kappa shape index (κ1) is 13.2. The second-order valence-electron chi connectivity index (χ2n) is 4.58. The van der Waals surface area contributed by atoms with Gasteiger partial charge in [-0.2, -0.15) is 0 Å². The van der Waals surface area contributed by atoms with Crippen LogP contribution in [-0.4, -0.2) is 32.6 Å². The lowest BCUT2D eigenvalue weighted by Gasteiger charge is -2.30. The van der Waals surface area contributed by atoms with Crippen LogP contribution in [0.3, 0.4) is 0 Å². The number of hydrogen-bond acceptors (Lipinski definition) is 4. The van der Waals surface area contributed by atoms with Gasteiger partial charge in [0, 0.05) is 29.4 Å². The van der Waals surface area contributed by atoms with Gasteiger partial charge in [0.25, 0.3) is 0 Å². The van der Waals surface area contributed by atoms with E-state index in [1.165, 1.54) is 0 Å². The minimum atomic E-state index is 0.313. The first-order valence-corrected chi connectivity index (χ1v) is 6.83. The number of nitrogens with zero attached hydrogens (tertiary/aromatic N) is 1. The Morgan fingerprint density at radius 3 is 2.65 bits per heavy atom. The van der Waals surface area contributed by atoms with Crippen LogP contribution in [0.2, 0.25) is 5.02 Å². The van der Waals surface area contributed by atoms with E-state index in [2.05, 4.69) is 4.90 Å². The summed E-state index contributed by atoms with van der Waals surface area (Å²) in [6, 6.07) is 9.15. The summed E-state index contributed by atoms with van der Waals surface area (Å²) in [4.78, 5) is 13.0. The average Bonchev–Trinajstić information content (AvgIpc) is 2.97. The van der Waals surface area contributed by atoms with Gasteiger partial charge in [-0.15, -0.1) is 0 Å². The molecule has 1 fully saturated rings. The van der Waals surface area contributed by atoms with Crippen LogP contribution in [0.5, 0.6) is 0 Å². The molecule has 0 aliphatic carbocycles. The molecule has 0 bridgehead atoms. The molecule has 1 aliphatic rings. The van der Waals surface area contributed by atoms with E-state index in [4.69, 9.17) is 20.8 Å². The highest BCUT2D eigenvalue weighted by molar-refractivity contribution is 6.31. The van der Waals surface area contributed by atoms with Crippen LogP contribution in [0.4, 0.5) is 5.69 Å².